The van der Waals surface area contributed by atoms with Gasteiger partial charge < -0.3 is 20.2 Å². The number of aromatic nitrogens is 2. The Morgan fingerprint density at radius 1 is 1.00 bits per heavy atom. The number of nitrogens with one attached hydrogen (secondary N) is 2. The topological polar surface area (TPSA) is 72.0 Å². The summed E-state index contributed by atoms with van der Waals surface area (Å²) in [7, 11) is 0. The van der Waals surface area contributed by atoms with Gasteiger partial charge in [0.15, 0.2) is 0 Å². The molecular weight excluding hydrogens is 367 g/mol. The molecule has 23 heavy (non-hydrogen) atoms. The van der Waals surface area contributed by atoms with Gasteiger partial charge >= 0.3 is 0 Å². The van der Waals surface area contributed by atoms with Crippen LogP contribution in [0.3, 0.4) is 0 Å². The van der Waals surface area contributed by atoms with E-state index in [0.717, 1.165) is 33.9 Å². The Bertz CT molecular complexity index is 610. The minimum Gasteiger partial charge on any atom is -0.393 e. The predicted octanol–water partition coefficient (Wildman–Crippen LogP) is 3.23. The maximum atomic E-state index is 11.1. The molecule has 0 aliphatic heterocycles. The third-order valence-corrected chi connectivity index (χ3v) is 4.33. The average Bonchev–Trinajstić information content (AvgIpc) is 2.81. The molecule has 0 amide bonds. The summed E-state index contributed by atoms with van der Waals surface area (Å²) in [6, 6.07) is 4.19. The molecule has 126 valence electrons. The summed E-state index contributed by atoms with van der Waals surface area (Å²) < 4.78 is 0. The molecule has 2 aromatic heterocycles. The van der Waals surface area contributed by atoms with Gasteiger partial charge in [-0.2, -0.15) is 0 Å². The normalized spacial score (nSPS) is 15.3. The molecule has 0 bridgehead atoms. The molecule has 0 aliphatic rings. The van der Waals surface area contributed by atoms with E-state index in [1.54, 1.807) is 6.92 Å². The van der Waals surface area contributed by atoms with E-state index in [1.165, 1.54) is 0 Å². The van der Waals surface area contributed by atoms with Crippen molar-refractivity contribution in [2.24, 2.45) is 0 Å². The molecule has 2 rings (SSSR count). The van der Waals surface area contributed by atoms with E-state index in [0.29, 0.717) is 6.42 Å². The molecule has 2 heterocycles. The van der Waals surface area contributed by atoms with Gasteiger partial charge in [0.25, 0.3) is 0 Å². The predicted molar refractivity (Wildman–Crippen MR) is 89.3 cm³/mol. The molecule has 4 N–H and O–H groups in total. The number of rotatable bonds is 5. The van der Waals surface area contributed by atoms with Gasteiger partial charge in [-0.15, -0.1) is 0 Å². The van der Waals surface area contributed by atoms with E-state index < -0.39 is 11.7 Å². The van der Waals surface area contributed by atoms with E-state index >= 15 is 0 Å². The molecule has 4 nitrogen and oxygen atoms in total. The minimum atomic E-state index is -1.03. The van der Waals surface area contributed by atoms with Crippen molar-refractivity contribution < 1.29 is 36.4 Å². The van der Waals surface area contributed by atoms with Gasteiger partial charge in [-0.25, -0.2) is 0 Å². The van der Waals surface area contributed by atoms with Crippen LogP contribution in [0.1, 0.15) is 60.1 Å². The fourth-order valence-electron chi connectivity index (χ4n) is 3.64. The van der Waals surface area contributed by atoms with Crippen molar-refractivity contribution in [2.45, 2.75) is 65.6 Å². The largest absolute Gasteiger partial charge is 0.393 e. The van der Waals surface area contributed by atoms with E-state index in [9.17, 15) is 10.2 Å². The molecule has 2 aromatic rings. The number of hydrogen-bond donors (Lipinski definition) is 4. The van der Waals surface area contributed by atoms with Crippen molar-refractivity contribution >= 4 is 0 Å². The summed E-state index contributed by atoms with van der Waals surface area (Å²) in [5.41, 5.74) is 5.42. The van der Waals surface area contributed by atoms with Crippen molar-refractivity contribution in [3.8, 4) is 0 Å². The van der Waals surface area contributed by atoms with Crippen LogP contribution in [0.2, 0.25) is 0 Å². The second kappa shape index (κ2) is 7.50. The van der Waals surface area contributed by atoms with Crippen molar-refractivity contribution in [3.05, 3.63) is 46.0 Å². The molecule has 5 heteroatoms. The minimum absolute atomic E-state index is 0. The second-order valence-electron chi connectivity index (χ2n) is 6.91. The van der Waals surface area contributed by atoms with Crippen LogP contribution in [0, 0.1) is 27.7 Å². The molecule has 0 saturated heterocycles. The molecule has 0 aliphatic carbocycles. The van der Waals surface area contributed by atoms with Gasteiger partial charge in [0.05, 0.1) is 11.7 Å². The van der Waals surface area contributed by atoms with Crippen molar-refractivity contribution in [3.63, 3.8) is 0 Å². The first-order chi connectivity index (χ1) is 10.1. The van der Waals surface area contributed by atoms with Crippen molar-refractivity contribution in [1.29, 1.82) is 0 Å². The van der Waals surface area contributed by atoms with E-state index in [1.807, 2.05) is 34.6 Å². The van der Waals surface area contributed by atoms with E-state index in [-0.39, 0.29) is 32.1 Å². The Hall–Kier alpha value is -0.637. The quantitative estimate of drug-likeness (QED) is 0.628. The van der Waals surface area contributed by atoms with Gasteiger partial charge in [0.2, 0.25) is 0 Å². The van der Waals surface area contributed by atoms with Crippen LogP contribution < -0.4 is 0 Å². The zero-order valence-electron chi connectivity index (χ0n) is 14.9. The third-order valence-electron chi connectivity index (χ3n) is 4.33. The number of aryl methyl sites for hydroxylation is 4. The summed E-state index contributed by atoms with van der Waals surface area (Å²) in [4.78, 5) is 6.65. The first-order valence-corrected chi connectivity index (χ1v) is 7.84. The van der Waals surface area contributed by atoms with Gasteiger partial charge in [0.1, 0.15) is 0 Å². The number of H-pyrrole nitrogens is 2. The molecular formula is C18H28N2O2Zr. The van der Waals surface area contributed by atoms with Crippen molar-refractivity contribution in [1.82, 2.24) is 9.97 Å². The first-order valence-electron chi connectivity index (χ1n) is 7.84. The maximum absolute atomic E-state index is 11.1. The summed E-state index contributed by atoms with van der Waals surface area (Å²) in [6.07, 6.45) is -0.233. The van der Waals surface area contributed by atoms with Crippen LogP contribution in [0.5, 0.6) is 0 Å². The van der Waals surface area contributed by atoms with Crippen LogP contribution >= 0.6 is 0 Å². The second-order valence-corrected chi connectivity index (χ2v) is 6.91. The molecule has 0 aromatic carbocycles. The summed E-state index contributed by atoms with van der Waals surface area (Å²) >= 11 is 0. The third kappa shape index (κ3) is 4.46. The van der Waals surface area contributed by atoms with Crippen LogP contribution in [-0.2, 0) is 26.2 Å². The number of aliphatic hydroxyl groups is 2. The molecule has 0 spiro atoms. The SMILES string of the molecule is Cc1cc(C(c2cc(C)[nH]c2C)C(C)(O)CC(C)O)c(C)[nH]1.[Zr]. The van der Waals surface area contributed by atoms with Gasteiger partial charge in [-0.05, 0) is 64.8 Å². The zero-order chi connectivity index (χ0) is 16.7. The maximum Gasteiger partial charge on any atom is 0.0754 e. The average molecular weight is 396 g/mol. The van der Waals surface area contributed by atoms with Gasteiger partial charge in [0, 0.05) is 61.3 Å². The molecule has 2 unspecified atom stereocenters. The number of aliphatic hydroxyl groups excluding tert-OH is 1. The van der Waals surface area contributed by atoms with Gasteiger partial charge in [-0.3, -0.25) is 0 Å². The monoisotopic (exact) mass is 394 g/mol. The van der Waals surface area contributed by atoms with Crippen LogP contribution in [-0.4, -0.2) is 31.9 Å². The Labute approximate surface area is 157 Å². The molecule has 0 saturated carbocycles. The first kappa shape index (κ1) is 20.4. The fourth-order valence-corrected chi connectivity index (χ4v) is 3.64. The van der Waals surface area contributed by atoms with E-state index in [2.05, 4.69) is 22.1 Å². The van der Waals surface area contributed by atoms with Crippen LogP contribution in [0.25, 0.3) is 0 Å². The Morgan fingerprint density at radius 2 is 1.39 bits per heavy atom. The Balaban J connectivity index is 0.00000264. The molecule has 2 atom stereocenters. The number of hydrogen-bond acceptors (Lipinski definition) is 2. The summed E-state index contributed by atoms with van der Waals surface area (Å²) in [5, 5.41) is 20.9. The number of aromatic amines is 2. The Kier molecular flexibility index (Phi) is 6.66. The summed E-state index contributed by atoms with van der Waals surface area (Å²) in [5.74, 6) is -0.183. The van der Waals surface area contributed by atoms with E-state index in [4.69, 9.17) is 0 Å². The van der Waals surface area contributed by atoms with Crippen molar-refractivity contribution in [2.75, 3.05) is 0 Å². The van der Waals surface area contributed by atoms with Crippen LogP contribution in [0.4, 0.5) is 0 Å². The van der Waals surface area contributed by atoms with Crippen LogP contribution in [0.15, 0.2) is 12.1 Å². The fraction of sp³-hybridized carbons (Fsp3) is 0.556. The molecule has 0 fully saturated rings. The van der Waals surface area contributed by atoms with Gasteiger partial charge in [-0.1, -0.05) is 0 Å². The smallest absolute Gasteiger partial charge is 0.0754 e. The zero-order valence-corrected chi connectivity index (χ0v) is 17.4. The standard InChI is InChI=1S/C18H28N2O2.Zr/c1-10-7-15(13(4)19-10)17(18(6,22)9-12(3)21)16-8-11(2)20-14(16)5;/h7-8,12,17,19-22H,9H2,1-6H3;. The Morgan fingerprint density at radius 3 is 1.65 bits per heavy atom. The molecule has 0 radical (unpaired) electrons. The summed E-state index contributed by atoms with van der Waals surface area (Å²) in [6.45, 7) is 11.6.